The number of alkyl carbamates (subject to hydrolysis) is 1. The molecule has 4 rings (SSSR count). The average Bonchev–Trinajstić information content (AvgIpc) is 3.24. The van der Waals surface area contributed by atoms with Gasteiger partial charge < -0.3 is 19.7 Å². The van der Waals surface area contributed by atoms with E-state index in [1.807, 2.05) is 68.4 Å². The minimum atomic E-state index is -0.871. The number of amides is 2. The highest BCUT2D eigenvalue weighted by Gasteiger charge is 2.32. The van der Waals surface area contributed by atoms with Gasteiger partial charge in [0.15, 0.2) is 0 Å². The Morgan fingerprint density at radius 3 is 2.00 bits per heavy atom. The number of nitrogens with one attached hydrogen (secondary N) is 1. The lowest BCUT2D eigenvalue weighted by Crippen LogP contribution is -2.52. The van der Waals surface area contributed by atoms with Gasteiger partial charge in [0.25, 0.3) is 0 Å². The van der Waals surface area contributed by atoms with Crippen LogP contribution >= 0.6 is 0 Å². The molecule has 0 saturated heterocycles. The van der Waals surface area contributed by atoms with Crippen molar-refractivity contribution in [2.24, 2.45) is 5.92 Å². The minimum absolute atomic E-state index is 0.0836. The number of hydrogen-bond donors (Lipinski definition) is 1. The quantitative estimate of drug-likeness (QED) is 0.379. The van der Waals surface area contributed by atoms with Gasteiger partial charge in [-0.2, -0.15) is 0 Å². The number of carbonyl (C=O) groups excluding carboxylic acids is 3. The van der Waals surface area contributed by atoms with Crippen molar-refractivity contribution < 1.29 is 23.9 Å². The molecule has 0 aromatic heterocycles. The minimum Gasteiger partial charge on any atom is -0.465 e. The van der Waals surface area contributed by atoms with Gasteiger partial charge in [0, 0.05) is 12.5 Å². The zero-order valence-electron chi connectivity index (χ0n) is 22.1. The monoisotopic (exact) mass is 514 g/mol. The molecule has 0 bridgehead atoms. The van der Waals surface area contributed by atoms with E-state index >= 15 is 0 Å². The van der Waals surface area contributed by atoms with E-state index in [4.69, 9.17) is 9.47 Å². The van der Waals surface area contributed by atoms with E-state index in [9.17, 15) is 14.4 Å². The molecule has 198 valence electrons. The topological polar surface area (TPSA) is 84.9 Å². The normalized spacial score (nSPS) is 12.8. The van der Waals surface area contributed by atoms with Crippen LogP contribution in [0.1, 0.15) is 43.4 Å². The van der Waals surface area contributed by atoms with Crippen molar-refractivity contribution in [2.45, 2.75) is 39.3 Å². The first-order chi connectivity index (χ1) is 18.4. The van der Waals surface area contributed by atoms with Crippen LogP contribution in [0.2, 0.25) is 0 Å². The molecular weight excluding hydrogens is 480 g/mol. The standard InChI is InChI=1S/C31H34N2O5/c1-4-37-28(34)19-33(18-22-12-6-5-7-13-22)30(35)29(21(2)3)32-31(36)38-20-27-25-16-10-8-14-23(25)24-15-9-11-17-26(24)27/h5-17,21,27,29H,4,18-20H2,1-3H3,(H,32,36)/t29-/m0/s1. The van der Waals surface area contributed by atoms with E-state index in [2.05, 4.69) is 29.6 Å². The smallest absolute Gasteiger partial charge is 0.407 e. The molecule has 7 heteroatoms. The van der Waals surface area contributed by atoms with Gasteiger partial charge in [-0.3, -0.25) is 9.59 Å². The number of benzene rings is 3. The molecule has 0 saturated carbocycles. The second-order valence-corrected chi connectivity index (χ2v) is 9.68. The lowest BCUT2D eigenvalue weighted by molar-refractivity contribution is -0.150. The van der Waals surface area contributed by atoms with Crippen LogP contribution in [0, 0.1) is 5.92 Å². The Morgan fingerprint density at radius 1 is 0.842 bits per heavy atom. The molecule has 1 aliphatic rings. The molecule has 0 fully saturated rings. The summed E-state index contributed by atoms with van der Waals surface area (Å²) in [6.07, 6.45) is -0.672. The Morgan fingerprint density at radius 2 is 1.42 bits per heavy atom. The number of rotatable bonds is 10. The molecule has 1 N–H and O–H groups in total. The summed E-state index contributed by atoms with van der Waals surface area (Å²) in [4.78, 5) is 40.3. The van der Waals surface area contributed by atoms with Gasteiger partial charge in [0.1, 0.15) is 19.2 Å². The number of hydrogen-bond acceptors (Lipinski definition) is 5. The van der Waals surface area contributed by atoms with Gasteiger partial charge in [-0.25, -0.2) is 4.79 Å². The summed E-state index contributed by atoms with van der Waals surface area (Å²) < 4.78 is 10.8. The lowest BCUT2D eigenvalue weighted by Gasteiger charge is -2.29. The third-order valence-electron chi connectivity index (χ3n) is 6.70. The fraction of sp³-hybridized carbons (Fsp3) is 0.323. The van der Waals surface area contributed by atoms with Crippen molar-refractivity contribution in [1.82, 2.24) is 10.2 Å². The summed E-state index contributed by atoms with van der Waals surface area (Å²) >= 11 is 0. The summed E-state index contributed by atoms with van der Waals surface area (Å²) in [7, 11) is 0. The molecule has 1 atom stereocenters. The van der Waals surface area contributed by atoms with Crippen LogP contribution in [0.5, 0.6) is 0 Å². The van der Waals surface area contributed by atoms with Crippen molar-refractivity contribution in [2.75, 3.05) is 19.8 Å². The van der Waals surface area contributed by atoms with Crippen LogP contribution < -0.4 is 5.32 Å². The average molecular weight is 515 g/mol. The fourth-order valence-electron chi connectivity index (χ4n) is 4.86. The van der Waals surface area contributed by atoms with Gasteiger partial charge in [-0.15, -0.1) is 0 Å². The Bertz CT molecular complexity index is 1230. The number of esters is 1. The van der Waals surface area contributed by atoms with Gasteiger partial charge in [-0.05, 0) is 40.7 Å². The third kappa shape index (κ3) is 6.22. The third-order valence-corrected chi connectivity index (χ3v) is 6.70. The van der Waals surface area contributed by atoms with Crippen LogP contribution in [0.15, 0.2) is 78.9 Å². The summed E-state index contributed by atoms with van der Waals surface area (Å²) in [5, 5.41) is 2.76. The van der Waals surface area contributed by atoms with E-state index in [-0.39, 0.29) is 44.0 Å². The highest BCUT2D eigenvalue weighted by molar-refractivity contribution is 5.88. The number of carbonyl (C=O) groups is 3. The maximum absolute atomic E-state index is 13.6. The molecule has 7 nitrogen and oxygen atoms in total. The van der Waals surface area contributed by atoms with Crippen molar-refractivity contribution in [3.05, 3.63) is 95.6 Å². The molecule has 0 radical (unpaired) electrons. The van der Waals surface area contributed by atoms with E-state index < -0.39 is 18.1 Å². The largest absolute Gasteiger partial charge is 0.465 e. The van der Waals surface area contributed by atoms with Crippen LogP contribution in [0.3, 0.4) is 0 Å². The van der Waals surface area contributed by atoms with E-state index in [0.29, 0.717) is 0 Å². The van der Waals surface area contributed by atoms with E-state index in [1.54, 1.807) is 6.92 Å². The molecule has 0 spiro atoms. The Kier molecular flexibility index (Phi) is 8.79. The van der Waals surface area contributed by atoms with Crippen molar-refractivity contribution in [1.29, 1.82) is 0 Å². The molecule has 3 aromatic rings. The maximum atomic E-state index is 13.6. The van der Waals surface area contributed by atoms with E-state index in [1.165, 1.54) is 4.90 Å². The summed E-state index contributed by atoms with van der Waals surface area (Å²) in [5.41, 5.74) is 5.38. The van der Waals surface area contributed by atoms with Crippen LogP contribution in [-0.2, 0) is 25.6 Å². The molecule has 0 unspecified atom stereocenters. The van der Waals surface area contributed by atoms with Crippen LogP contribution in [0.25, 0.3) is 11.1 Å². The number of nitrogens with zero attached hydrogens (tertiary/aromatic N) is 1. The van der Waals surface area contributed by atoms with Gasteiger partial charge in [0.05, 0.1) is 6.61 Å². The molecule has 0 aliphatic heterocycles. The summed E-state index contributed by atoms with van der Waals surface area (Å²) in [6, 6.07) is 24.8. The zero-order chi connectivity index (χ0) is 27.1. The highest BCUT2D eigenvalue weighted by Crippen LogP contribution is 2.44. The maximum Gasteiger partial charge on any atom is 0.407 e. The Labute approximate surface area is 223 Å². The Balaban J connectivity index is 1.45. The van der Waals surface area contributed by atoms with Crippen molar-refractivity contribution in [3.8, 4) is 11.1 Å². The first-order valence-corrected chi connectivity index (χ1v) is 13.0. The van der Waals surface area contributed by atoms with Gasteiger partial charge in [0.2, 0.25) is 5.91 Å². The summed E-state index contributed by atoms with van der Waals surface area (Å²) in [6.45, 7) is 5.78. The molecule has 3 aromatic carbocycles. The zero-order valence-corrected chi connectivity index (χ0v) is 22.1. The molecular formula is C31H34N2O5. The molecule has 38 heavy (non-hydrogen) atoms. The van der Waals surface area contributed by atoms with Crippen LogP contribution in [-0.4, -0.2) is 48.7 Å². The van der Waals surface area contributed by atoms with Crippen molar-refractivity contribution in [3.63, 3.8) is 0 Å². The second kappa shape index (κ2) is 12.4. The fourth-order valence-corrected chi connectivity index (χ4v) is 4.86. The van der Waals surface area contributed by atoms with Gasteiger partial charge in [-0.1, -0.05) is 92.7 Å². The number of fused-ring (bicyclic) bond motifs is 3. The van der Waals surface area contributed by atoms with Crippen molar-refractivity contribution >= 4 is 18.0 Å². The first-order valence-electron chi connectivity index (χ1n) is 13.0. The van der Waals surface area contributed by atoms with E-state index in [0.717, 1.165) is 27.8 Å². The first kappa shape index (κ1) is 26.9. The predicted molar refractivity (Wildman–Crippen MR) is 145 cm³/mol. The predicted octanol–water partition coefficient (Wildman–Crippen LogP) is 5.14. The number of ether oxygens (including phenoxy) is 2. The van der Waals surface area contributed by atoms with Gasteiger partial charge >= 0.3 is 12.1 Å². The van der Waals surface area contributed by atoms with Crippen LogP contribution in [0.4, 0.5) is 4.79 Å². The summed E-state index contributed by atoms with van der Waals surface area (Å²) in [5.74, 6) is -1.19. The lowest BCUT2D eigenvalue weighted by atomic mass is 9.98. The molecule has 1 aliphatic carbocycles. The second-order valence-electron chi connectivity index (χ2n) is 9.68. The highest BCUT2D eigenvalue weighted by atomic mass is 16.5. The Hall–Kier alpha value is -4.13. The molecule has 2 amide bonds. The SMILES string of the molecule is CCOC(=O)CN(Cc1ccccc1)C(=O)[C@@H](NC(=O)OCC1c2ccccc2-c2ccccc21)C(C)C. The molecule has 0 heterocycles.